The van der Waals surface area contributed by atoms with Crippen LogP contribution in [0.1, 0.15) is 36.2 Å². The maximum Gasteiger partial charge on any atom is 0.270 e. The quantitative estimate of drug-likeness (QED) is 0.155. The summed E-state index contributed by atoms with van der Waals surface area (Å²) in [6.45, 7) is 0. The van der Waals surface area contributed by atoms with Gasteiger partial charge in [0.2, 0.25) is 0 Å². The topological polar surface area (TPSA) is 45.2 Å². The Balaban J connectivity index is 1.15. The molecule has 0 bridgehead atoms. The summed E-state index contributed by atoms with van der Waals surface area (Å²) in [6, 6.07) is 68.4. The fraction of sp³-hybridized carbons (Fsp3) is 0.133. The summed E-state index contributed by atoms with van der Waals surface area (Å²) in [5, 5.41) is 13.0. The average molecular weight is 828 g/mol. The molecule has 1 aliphatic rings. The number of carbonyl (C=O) groups is 1. The first kappa shape index (κ1) is 39.4. The summed E-state index contributed by atoms with van der Waals surface area (Å²) in [5.41, 5.74) is 11.9. The van der Waals surface area contributed by atoms with E-state index in [1.807, 2.05) is 12.3 Å². The van der Waals surface area contributed by atoms with Crippen molar-refractivity contribution < 1.29 is 4.79 Å². The second kappa shape index (κ2) is 16.7. The minimum atomic E-state index is -0.118. The van der Waals surface area contributed by atoms with Gasteiger partial charge in [0.1, 0.15) is 5.69 Å². The molecule has 9 aromatic carbocycles. The highest BCUT2D eigenvalue weighted by molar-refractivity contribution is 6.24. The number of hydrogen-bond acceptors (Lipinski definition) is 3. The van der Waals surface area contributed by atoms with E-state index in [1.54, 1.807) is 0 Å². The van der Waals surface area contributed by atoms with Crippen molar-refractivity contribution >= 4 is 49.0 Å². The Morgan fingerprint density at radius 2 is 0.812 bits per heavy atom. The largest absolute Gasteiger partial charge is 0.346 e. The number of aromatic nitrogens is 1. The molecular formula is C60H49N3O. The number of nitrogens with zero attached hydrogens (tertiary/aromatic N) is 2. The van der Waals surface area contributed by atoms with Crippen molar-refractivity contribution in [3.05, 3.63) is 200 Å². The van der Waals surface area contributed by atoms with Crippen LogP contribution in [-0.4, -0.2) is 42.0 Å². The van der Waals surface area contributed by atoms with E-state index >= 15 is 0 Å². The fourth-order valence-corrected chi connectivity index (χ4v) is 10.6. The number of nitrogens with one attached hydrogen (secondary N) is 1. The Morgan fingerprint density at radius 3 is 1.20 bits per heavy atom. The van der Waals surface area contributed by atoms with Crippen LogP contribution in [-0.2, 0) is 0 Å². The number of hydrogen-bond donors (Lipinski definition) is 1. The lowest BCUT2D eigenvalue weighted by Gasteiger charge is -2.36. The fourth-order valence-electron chi connectivity index (χ4n) is 10.6. The number of carbonyl (C=O) groups excluding carboxylic acids is 1. The summed E-state index contributed by atoms with van der Waals surface area (Å²) >= 11 is 0. The molecular weight excluding hydrogens is 779 g/mol. The maximum atomic E-state index is 13.8. The van der Waals surface area contributed by atoms with Crippen LogP contribution in [0.2, 0.25) is 0 Å². The minimum absolute atomic E-state index is 0.104. The van der Waals surface area contributed by atoms with Crippen LogP contribution in [0.5, 0.6) is 0 Å². The van der Waals surface area contributed by atoms with Crippen molar-refractivity contribution in [3.8, 4) is 55.6 Å². The number of benzene rings is 9. The van der Waals surface area contributed by atoms with Gasteiger partial charge < -0.3 is 10.2 Å². The van der Waals surface area contributed by atoms with Crippen molar-refractivity contribution in [1.82, 2.24) is 15.2 Å². The van der Waals surface area contributed by atoms with Crippen LogP contribution < -0.4 is 5.32 Å². The molecule has 1 fully saturated rings. The van der Waals surface area contributed by atoms with E-state index in [4.69, 9.17) is 4.98 Å². The molecule has 4 heteroatoms. The second-order valence-corrected chi connectivity index (χ2v) is 17.5. The molecule has 0 unspecified atom stereocenters. The van der Waals surface area contributed by atoms with Crippen molar-refractivity contribution in [3.63, 3.8) is 0 Å². The first-order valence-electron chi connectivity index (χ1n) is 22.6. The molecule has 11 rings (SSSR count). The molecule has 1 aliphatic carbocycles. The third-order valence-corrected chi connectivity index (χ3v) is 13.5. The van der Waals surface area contributed by atoms with Gasteiger partial charge in [0.15, 0.2) is 0 Å². The lowest BCUT2D eigenvalue weighted by Crippen LogP contribution is -2.51. The summed E-state index contributed by atoms with van der Waals surface area (Å²) in [4.78, 5) is 20.9. The number of pyridine rings is 1. The number of fused-ring (bicyclic) bond motifs is 4. The molecule has 4 nitrogen and oxygen atoms in total. The number of rotatable bonds is 8. The lowest BCUT2D eigenvalue weighted by molar-refractivity contribution is 0.0878. The van der Waals surface area contributed by atoms with E-state index in [9.17, 15) is 4.79 Å². The first-order valence-corrected chi connectivity index (χ1v) is 22.6. The van der Waals surface area contributed by atoms with Gasteiger partial charge in [-0.2, -0.15) is 0 Å². The molecule has 1 N–H and O–H groups in total. The molecule has 64 heavy (non-hydrogen) atoms. The Hall–Kier alpha value is -7.40. The standard InChI is InChI=1S/C60H49N3O/c1-63(2)55-32-18-17-31-53(55)62-60(64)54-34-33-41(38-61-54)42-35-43(58-49-27-13-9-23-45(49)56(39-19-5-3-6-20-39)46-24-10-14-28-50(46)58)37-44(36-42)59-51-29-15-11-25-47(51)57(40-21-7-4-8-22-40)48-26-12-16-30-52(48)59/h3-16,19-30,33-38,53,55H,17-18,31-32H2,1-2H3,(H,62,64)/t53-,55-/m0/s1. The molecule has 0 spiro atoms. The zero-order valence-electron chi connectivity index (χ0n) is 36.3. The van der Waals surface area contributed by atoms with Gasteiger partial charge in [-0.05, 0) is 144 Å². The Bertz CT molecular complexity index is 3060. The van der Waals surface area contributed by atoms with Gasteiger partial charge >= 0.3 is 0 Å². The highest BCUT2D eigenvalue weighted by Gasteiger charge is 2.29. The van der Waals surface area contributed by atoms with E-state index in [1.165, 1.54) is 82.9 Å². The van der Waals surface area contributed by atoms with Crippen LogP contribution in [0.25, 0.3) is 98.7 Å². The zero-order valence-corrected chi connectivity index (χ0v) is 36.3. The van der Waals surface area contributed by atoms with Crippen molar-refractivity contribution in [2.45, 2.75) is 37.8 Å². The summed E-state index contributed by atoms with van der Waals surface area (Å²) < 4.78 is 0. The van der Waals surface area contributed by atoms with Crippen molar-refractivity contribution in [2.24, 2.45) is 0 Å². The smallest absolute Gasteiger partial charge is 0.270 e. The molecule has 0 saturated heterocycles. The third kappa shape index (κ3) is 7.01. The van der Waals surface area contributed by atoms with Crippen LogP contribution >= 0.6 is 0 Å². The van der Waals surface area contributed by atoms with Gasteiger partial charge in [-0.25, -0.2) is 0 Å². The van der Waals surface area contributed by atoms with Crippen LogP contribution in [0.15, 0.2) is 194 Å². The van der Waals surface area contributed by atoms with E-state index in [0.29, 0.717) is 11.7 Å². The normalized spacial score (nSPS) is 15.3. The van der Waals surface area contributed by atoms with Gasteiger partial charge in [0.25, 0.3) is 5.91 Å². The van der Waals surface area contributed by atoms with E-state index < -0.39 is 0 Å². The first-order chi connectivity index (χ1) is 31.5. The molecule has 1 amide bonds. The molecule has 0 radical (unpaired) electrons. The van der Waals surface area contributed by atoms with E-state index in [-0.39, 0.29) is 11.9 Å². The monoisotopic (exact) mass is 827 g/mol. The predicted octanol–water partition coefficient (Wildman–Crippen LogP) is 14.6. The Kier molecular flexibility index (Phi) is 10.3. The Morgan fingerprint density at radius 1 is 0.438 bits per heavy atom. The molecule has 1 saturated carbocycles. The van der Waals surface area contributed by atoms with E-state index in [0.717, 1.165) is 41.5 Å². The summed E-state index contributed by atoms with van der Waals surface area (Å²) in [5.74, 6) is -0.118. The van der Waals surface area contributed by atoms with Gasteiger partial charge in [0.05, 0.1) is 0 Å². The van der Waals surface area contributed by atoms with E-state index in [2.05, 4.69) is 206 Å². The lowest BCUT2D eigenvalue weighted by atomic mass is 9.82. The minimum Gasteiger partial charge on any atom is -0.346 e. The molecule has 2 atom stereocenters. The molecule has 1 aromatic heterocycles. The Labute approximate surface area is 374 Å². The molecule has 0 aliphatic heterocycles. The molecule has 310 valence electrons. The SMILES string of the molecule is CN(C)[C@H]1CCCC[C@@H]1NC(=O)c1ccc(-c2cc(-c3c4ccccc4c(-c4ccccc4)c4ccccc34)cc(-c3c4ccccc4c(-c4ccccc4)c4ccccc34)c2)cn1. The maximum absolute atomic E-state index is 13.8. The third-order valence-electron chi connectivity index (χ3n) is 13.5. The summed E-state index contributed by atoms with van der Waals surface area (Å²) in [7, 11) is 4.22. The average Bonchev–Trinajstić information content (AvgIpc) is 3.35. The van der Waals surface area contributed by atoms with Gasteiger partial charge in [0, 0.05) is 23.8 Å². The number of amides is 1. The van der Waals surface area contributed by atoms with Gasteiger partial charge in [-0.3, -0.25) is 9.78 Å². The van der Waals surface area contributed by atoms with Gasteiger partial charge in [-0.1, -0.05) is 177 Å². The highest BCUT2D eigenvalue weighted by atomic mass is 16.2. The number of likely N-dealkylation sites (N-methyl/N-ethyl adjacent to an activating group) is 1. The molecule has 10 aromatic rings. The van der Waals surface area contributed by atoms with Gasteiger partial charge in [-0.15, -0.1) is 0 Å². The van der Waals surface area contributed by atoms with Crippen molar-refractivity contribution in [2.75, 3.05) is 14.1 Å². The van der Waals surface area contributed by atoms with Crippen LogP contribution in [0.3, 0.4) is 0 Å². The van der Waals surface area contributed by atoms with Crippen molar-refractivity contribution in [1.29, 1.82) is 0 Å². The van der Waals surface area contributed by atoms with Crippen LogP contribution in [0.4, 0.5) is 0 Å². The van der Waals surface area contributed by atoms with Crippen LogP contribution in [0, 0.1) is 0 Å². The highest BCUT2D eigenvalue weighted by Crippen LogP contribution is 2.48. The molecule has 1 heterocycles. The summed E-state index contributed by atoms with van der Waals surface area (Å²) in [6.07, 6.45) is 6.26. The second-order valence-electron chi connectivity index (χ2n) is 17.5. The zero-order chi connectivity index (χ0) is 43.1. The predicted molar refractivity (Wildman–Crippen MR) is 269 cm³/mol.